The fraction of sp³-hybridized carbons (Fsp3) is 0.731. The summed E-state index contributed by atoms with van der Waals surface area (Å²) in [4.78, 5) is 54.4. The van der Waals surface area contributed by atoms with Gasteiger partial charge in [0.05, 0.1) is 25.0 Å². The third-order valence-electron chi connectivity index (χ3n) is 8.18. The Hall–Kier alpha value is -2.57. The molecule has 250 valence electrons. The van der Waals surface area contributed by atoms with E-state index < -0.39 is 39.0 Å². The molecule has 7 atom stereocenters. The molecule has 7 unspecified atom stereocenters. The van der Waals surface area contributed by atoms with Crippen molar-refractivity contribution in [2.75, 3.05) is 30.8 Å². The number of thioether (sulfide) groups is 1. The van der Waals surface area contributed by atoms with Crippen LogP contribution in [0.5, 0.6) is 0 Å². The molecule has 2 aromatic rings. The van der Waals surface area contributed by atoms with Gasteiger partial charge in [0.15, 0.2) is 23.2 Å². The number of nitrogens with one attached hydrogen (secondary N) is 4. The predicted molar refractivity (Wildman–Crippen MR) is 163 cm³/mol. The highest BCUT2D eigenvalue weighted by atomic mass is 32.2. The van der Waals surface area contributed by atoms with Crippen molar-refractivity contribution in [3.05, 3.63) is 12.7 Å². The van der Waals surface area contributed by atoms with Gasteiger partial charge in [-0.3, -0.25) is 13.9 Å². The number of aliphatic hydroxyl groups is 2. The van der Waals surface area contributed by atoms with E-state index in [1.807, 2.05) is 11.8 Å². The van der Waals surface area contributed by atoms with E-state index in [9.17, 15) is 24.4 Å². The maximum Gasteiger partial charge on any atom is 0.469 e. The molecule has 0 aromatic carbocycles. The maximum atomic E-state index is 12.2. The molecule has 3 aliphatic heterocycles. The van der Waals surface area contributed by atoms with Crippen LogP contribution in [0.25, 0.3) is 11.2 Å². The second kappa shape index (κ2) is 15.3. The molecule has 0 saturated carbocycles. The molecular formula is C26H41N8O9PS. The van der Waals surface area contributed by atoms with Crippen LogP contribution in [0, 0.1) is 0 Å². The summed E-state index contributed by atoms with van der Waals surface area (Å²) in [6.07, 6.45) is 4.61. The number of rotatable bonds is 17. The van der Waals surface area contributed by atoms with Crippen LogP contribution in [-0.4, -0.2) is 113 Å². The number of phosphoric ester groups is 1. The lowest BCUT2D eigenvalue weighted by Gasteiger charge is -2.16. The lowest BCUT2D eigenvalue weighted by atomic mass is 10.0. The monoisotopic (exact) mass is 672 g/mol. The van der Waals surface area contributed by atoms with Gasteiger partial charge in [-0.05, 0) is 25.7 Å². The molecule has 0 bridgehead atoms. The lowest BCUT2D eigenvalue weighted by molar-refractivity contribution is -0.121. The van der Waals surface area contributed by atoms with Crippen LogP contribution >= 0.6 is 19.6 Å². The Kier molecular flexibility index (Phi) is 11.5. The lowest BCUT2D eigenvalue weighted by Crippen LogP contribution is -2.36. The molecule has 0 aliphatic carbocycles. The van der Waals surface area contributed by atoms with Gasteiger partial charge in [-0.25, -0.2) is 24.3 Å². The number of fused-ring (bicyclic) bond motifs is 2. The van der Waals surface area contributed by atoms with Crippen LogP contribution < -0.4 is 21.3 Å². The number of amides is 3. The first-order valence-electron chi connectivity index (χ1n) is 15.2. The highest BCUT2D eigenvalue weighted by Crippen LogP contribution is 2.39. The minimum Gasteiger partial charge on any atom is -0.387 e. The van der Waals surface area contributed by atoms with Gasteiger partial charge in [-0.1, -0.05) is 19.3 Å². The largest absolute Gasteiger partial charge is 0.469 e. The average molecular weight is 673 g/mol. The van der Waals surface area contributed by atoms with E-state index in [2.05, 4.69) is 40.7 Å². The van der Waals surface area contributed by atoms with Crippen molar-refractivity contribution in [3.63, 3.8) is 0 Å². The van der Waals surface area contributed by atoms with Crippen LogP contribution in [0.3, 0.4) is 0 Å². The minimum atomic E-state index is -4.78. The van der Waals surface area contributed by atoms with Gasteiger partial charge >= 0.3 is 13.9 Å². The maximum absolute atomic E-state index is 12.2. The first kappa shape index (κ1) is 33.8. The molecule has 3 aliphatic rings. The Bertz CT molecular complexity index is 1360. The zero-order chi connectivity index (χ0) is 32.0. The molecule has 45 heavy (non-hydrogen) atoms. The number of urea groups is 1. The second-order valence-corrected chi connectivity index (χ2v) is 13.9. The molecule has 5 heterocycles. The quantitative estimate of drug-likeness (QED) is 0.0643. The number of carbonyl (C=O) groups is 2. The van der Waals surface area contributed by atoms with E-state index in [-0.39, 0.29) is 24.0 Å². The molecule has 3 fully saturated rings. The number of nitrogens with zero attached hydrogens (tertiary/aromatic N) is 4. The number of aromatic nitrogens is 4. The molecule has 2 aromatic heterocycles. The van der Waals surface area contributed by atoms with E-state index in [0.29, 0.717) is 41.7 Å². The fourth-order valence-electron chi connectivity index (χ4n) is 5.84. The average Bonchev–Trinajstić information content (AvgIpc) is 3.75. The van der Waals surface area contributed by atoms with Crippen LogP contribution in [0.1, 0.15) is 57.6 Å². The Morgan fingerprint density at radius 2 is 1.89 bits per heavy atom. The Morgan fingerprint density at radius 3 is 2.69 bits per heavy atom. The van der Waals surface area contributed by atoms with E-state index >= 15 is 0 Å². The standard InChI is InChI=1S/C26H41N8O9PS/c35-18(8-4-3-7-17-19-15(12-45-17)32-26(38)33-19)27-9-5-1-2-6-10-28-23-20-24(30-13-29-23)34(14-31-20)25-22(37)21(36)16(43-25)11-42-44(39,40)41/h13-17,19,21-22,25,36-37H,1-12H2,(H,27,35)(H,28,29,30)(H2,32,33,38)(H2,39,40,41). The summed E-state index contributed by atoms with van der Waals surface area (Å²) >= 11 is 1.89. The van der Waals surface area contributed by atoms with Gasteiger partial charge in [0.2, 0.25) is 5.91 Å². The molecule has 3 amide bonds. The number of carbonyl (C=O) groups excluding carboxylic acids is 2. The number of anilines is 1. The Labute approximate surface area is 263 Å². The van der Waals surface area contributed by atoms with E-state index in [1.54, 1.807) is 0 Å². The van der Waals surface area contributed by atoms with Crippen LogP contribution in [0.4, 0.5) is 10.6 Å². The summed E-state index contributed by atoms with van der Waals surface area (Å²) in [5.41, 5.74) is 0.788. The number of hydrogen-bond donors (Lipinski definition) is 8. The third kappa shape index (κ3) is 8.83. The molecule has 8 N–H and O–H groups in total. The number of phosphoric acid groups is 1. The van der Waals surface area contributed by atoms with E-state index in [0.717, 1.165) is 50.7 Å². The van der Waals surface area contributed by atoms with Crippen LogP contribution in [0.2, 0.25) is 0 Å². The molecular weight excluding hydrogens is 631 g/mol. The van der Waals surface area contributed by atoms with Crippen LogP contribution in [0.15, 0.2) is 12.7 Å². The van der Waals surface area contributed by atoms with E-state index in [1.165, 1.54) is 17.2 Å². The smallest absolute Gasteiger partial charge is 0.387 e. The third-order valence-corrected chi connectivity index (χ3v) is 10.2. The summed E-state index contributed by atoms with van der Waals surface area (Å²) in [6.45, 7) is 0.670. The molecule has 5 rings (SSSR count). The summed E-state index contributed by atoms with van der Waals surface area (Å²) < 4.78 is 22.5. The van der Waals surface area contributed by atoms with Crippen molar-refractivity contribution >= 4 is 48.5 Å². The number of aliphatic hydroxyl groups excluding tert-OH is 2. The Balaban J connectivity index is 0.948. The van der Waals surface area contributed by atoms with Gasteiger partial charge in [0.25, 0.3) is 0 Å². The van der Waals surface area contributed by atoms with Crippen molar-refractivity contribution in [3.8, 4) is 0 Å². The van der Waals surface area contributed by atoms with Crippen molar-refractivity contribution in [1.82, 2.24) is 35.5 Å². The number of unbranched alkanes of at least 4 members (excludes halogenated alkanes) is 4. The molecule has 19 heteroatoms. The van der Waals surface area contributed by atoms with Gasteiger partial charge in [-0.2, -0.15) is 11.8 Å². The zero-order valence-electron chi connectivity index (χ0n) is 24.7. The minimum absolute atomic E-state index is 0.0731. The molecule has 17 nitrogen and oxygen atoms in total. The summed E-state index contributed by atoms with van der Waals surface area (Å²) in [5.74, 6) is 1.52. The second-order valence-electron chi connectivity index (χ2n) is 11.4. The molecule has 0 radical (unpaired) electrons. The number of imidazole rings is 1. The Morgan fingerprint density at radius 1 is 1.09 bits per heavy atom. The highest BCUT2D eigenvalue weighted by Gasteiger charge is 2.45. The summed E-state index contributed by atoms with van der Waals surface area (Å²) in [6, 6.07) is 0.363. The van der Waals surface area contributed by atoms with Gasteiger partial charge in [0.1, 0.15) is 24.6 Å². The van der Waals surface area contributed by atoms with Gasteiger partial charge in [0, 0.05) is 30.5 Å². The van der Waals surface area contributed by atoms with Gasteiger partial charge in [-0.15, -0.1) is 0 Å². The fourth-order valence-corrected chi connectivity index (χ4v) is 7.72. The van der Waals surface area contributed by atoms with Crippen molar-refractivity contribution in [1.29, 1.82) is 0 Å². The molecule has 0 spiro atoms. The van der Waals surface area contributed by atoms with Gasteiger partial charge < -0.3 is 46.0 Å². The number of hydrogen-bond acceptors (Lipinski definition) is 12. The number of ether oxygens (including phenoxy) is 1. The first-order valence-corrected chi connectivity index (χ1v) is 17.8. The van der Waals surface area contributed by atoms with E-state index in [4.69, 9.17) is 14.5 Å². The topological polar surface area (TPSA) is 242 Å². The first-order chi connectivity index (χ1) is 21.6. The molecule has 3 saturated heterocycles. The van der Waals surface area contributed by atoms with Crippen molar-refractivity contribution in [2.45, 2.75) is 93.2 Å². The zero-order valence-corrected chi connectivity index (χ0v) is 26.4. The van der Waals surface area contributed by atoms with Crippen LogP contribution in [-0.2, 0) is 18.6 Å². The predicted octanol–water partition coefficient (Wildman–Crippen LogP) is 0.369. The van der Waals surface area contributed by atoms with Crippen molar-refractivity contribution in [2.24, 2.45) is 0 Å². The summed E-state index contributed by atoms with van der Waals surface area (Å²) in [5, 5.41) is 33.4. The highest BCUT2D eigenvalue weighted by molar-refractivity contribution is 8.00. The van der Waals surface area contributed by atoms with Crippen molar-refractivity contribution < 1.29 is 43.4 Å². The summed E-state index contributed by atoms with van der Waals surface area (Å²) in [7, 11) is -4.78. The normalized spacial score (nSPS) is 27.8. The SMILES string of the molecule is O=C(CCCCC1SCC2NC(=O)NC21)NCCCCCCNc1ncnc2c1ncn2C1OC(COP(=O)(O)O)C(O)C1O.